The number of para-hydroxylation sites is 1. The zero-order chi connectivity index (χ0) is 14.7. The average molecular weight is 279 g/mol. The van der Waals surface area contributed by atoms with Gasteiger partial charge < -0.3 is 19.5 Å². The van der Waals surface area contributed by atoms with Crippen molar-refractivity contribution in [3.8, 4) is 11.5 Å². The number of rotatable bonds is 5. The lowest BCUT2D eigenvalue weighted by atomic mass is 10.1. The lowest BCUT2D eigenvalue weighted by Gasteiger charge is -2.19. The highest BCUT2D eigenvalue weighted by Crippen LogP contribution is 2.32. The summed E-state index contributed by atoms with van der Waals surface area (Å²) in [7, 11) is 3.08. The molecule has 0 radical (unpaired) electrons. The summed E-state index contributed by atoms with van der Waals surface area (Å²) in [5, 5.41) is 8.97. The second-order valence-corrected chi connectivity index (χ2v) is 4.67. The molecule has 0 spiro atoms. The van der Waals surface area contributed by atoms with Gasteiger partial charge in [-0.2, -0.15) is 0 Å². The summed E-state index contributed by atoms with van der Waals surface area (Å²) >= 11 is 0. The minimum atomic E-state index is -0.932. The average Bonchev–Trinajstić information content (AvgIpc) is 2.80. The zero-order valence-corrected chi connectivity index (χ0v) is 11.5. The van der Waals surface area contributed by atoms with Crippen molar-refractivity contribution in [3.05, 3.63) is 23.8 Å². The molecule has 0 saturated carbocycles. The summed E-state index contributed by atoms with van der Waals surface area (Å²) in [5.41, 5.74) is 0.797. The Kier molecular flexibility index (Phi) is 4.12. The first-order valence-electron chi connectivity index (χ1n) is 6.27. The molecule has 1 aromatic carbocycles. The van der Waals surface area contributed by atoms with Crippen LogP contribution in [-0.4, -0.2) is 42.6 Å². The number of nitrogens with zero attached hydrogens (tertiary/aromatic N) is 1. The van der Waals surface area contributed by atoms with Crippen LogP contribution in [0.4, 0.5) is 0 Å². The Bertz CT molecular complexity index is 528. The first-order chi connectivity index (χ1) is 9.56. The summed E-state index contributed by atoms with van der Waals surface area (Å²) in [6.07, 6.45) is 0.0572. The molecule has 1 amide bonds. The van der Waals surface area contributed by atoms with Gasteiger partial charge in [0.2, 0.25) is 5.91 Å². The van der Waals surface area contributed by atoms with Gasteiger partial charge in [0.1, 0.15) is 0 Å². The van der Waals surface area contributed by atoms with Crippen LogP contribution in [0.2, 0.25) is 0 Å². The molecule has 6 heteroatoms. The summed E-state index contributed by atoms with van der Waals surface area (Å²) in [4.78, 5) is 24.3. The molecule has 108 valence electrons. The topological polar surface area (TPSA) is 76.1 Å². The third-order valence-electron chi connectivity index (χ3n) is 3.41. The van der Waals surface area contributed by atoms with Crippen molar-refractivity contribution in [2.45, 2.75) is 13.0 Å². The third-order valence-corrected chi connectivity index (χ3v) is 3.41. The van der Waals surface area contributed by atoms with Crippen LogP contribution < -0.4 is 9.47 Å². The molecule has 0 bridgehead atoms. The number of likely N-dealkylation sites (tertiary alicyclic amines) is 1. The highest BCUT2D eigenvalue weighted by atomic mass is 16.5. The van der Waals surface area contributed by atoms with Crippen LogP contribution in [0.3, 0.4) is 0 Å². The third kappa shape index (κ3) is 2.68. The first kappa shape index (κ1) is 14.2. The van der Waals surface area contributed by atoms with E-state index in [0.717, 1.165) is 5.56 Å². The standard InChI is InChI=1S/C14H17NO5/c1-19-11-5-3-4-9(13(11)20-2)7-15-8-10(14(17)18)6-12(15)16/h3-5,10H,6-8H2,1-2H3,(H,17,18)/t10-/m0/s1. The predicted octanol–water partition coefficient (Wildman–Crippen LogP) is 1.14. The van der Waals surface area contributed by atoms with Crippen LogP contribution in [-0.2, 0) is 16.1 Å². The molecule has 20 heavy (non-hydrogen) atoms. The molecule has 1 atom stereocenters. The molecule has 1 N–H and O–H groups in total. The summed E-state index contributed by atoms with van der Waals surface area (Å²) in [6, 6.07) is 5.42. The first-order valence-corrected chi connectivity index (χ1v) is 6.27. The van der Waals surface area contributed by atoms with E-state index in [1.165, 1.54) is 12.0 Å². The quantitative estimate of drug-likeness (QED) is 0.874. The summed E-state index contributed by atoms with van der Waals surface area (Å²) < 4.78 is 10.5. The van der Waals surface area contributed by atoms with Crippen LogP contribution in [0.1, 0.15) is 12.0 Å². The zero-order valence-electron chi connectivity index (χ0n) is 11.5. The van der Waals surface area contributed by atoms with Crippen LogP contribution in [0.25, 0.3) is 0 Å². The number of methoxy groups -OCH3 is 2. The Hall–Kier alpha value is -2.24. The van der Waals surface area contributed by atoms with Crippen molar-refractivity contribution >= 4 is 11.9 Å². The number of ether oxygens (including phenoxy) is 2. The predicted molar refractivity (Wildman–Crippen MR) is 70.7 cm³/mol. The van der Waals surface area contributed by atoms with E-state index in [1.54, 1.807) is 13.2 Å². The van der Waals surface area contributed by atoms with Gasteiger partial charge in [0.25, 0.3) is 0 Å². The molecule has 0 aliphatic carbocycles. The number of hydrogen-bond acceptors (Lipinski definition) is 4. The Labute approximate surface area is 116 Å². The number of carbonyl (C=O) groups excluding carboxylic acids is 1. The van der Waals surface area contributed by atoms with Gasteiger partial charge in [-0.1, -0.05) is 12.1 Å². The van der Waals surface area contributed by atoms with Gasteiger partial charge in [-0.3, -0.25) is 9.59 Å². The van der Waals surface area contributed by atoms with E-state index >= 15 is 0 Å². The van der Waals surface area contributed by atoms with Gasteiger partial charge in [0, 0.05) is 25.1 Å². The van der Waals surface area contributed by atoms with E-state index in [0.29, 0.717) is 18.0 Å². The Morgan fingerprint density at radius 2 is 2.15 bits per heavy atom. The maximum absolute atomic E-state index is 11.8. The van der Waals surface area contributed by atoms with Gasteiger partial charge in [0.05, 0.1) is 20.1 Å². The summed E-state index contributed by atoms with van der Waals surface area (Å²) in [6.45, 7) is 0.553. The van der Waals surface area contributed by atoms with Crippen molar-refractivity contribution in [3.63, 3.8) is 0 Å². The molecular weight excluding hydrogens is 262 g/mol. The van der Waals surface area contributed by atoms with Gasteiger partial charge in [-0.15, -0.1) is 0 Å². The molecule has 6 nitrogen and oxygen atoms in total. The minimum Gasteiger partial charge on any atom is -0.493 e. The summed E-state index contributed by atoms with van der Waals surface area (Å²) in [5.74, 6) is -0.548. The van der Waals surface area contributed by atoms with Crippen molar-refractivity contribution < 1.29 is 24.2 Å². The van der Waals surface area contributed by atoms with Crippen LogP contribution in [0, 0.1) is 5.92 Å². The number of hydrogen-bond donors (Lipinski definition) is 1. The maximum Gasteiger partial charge on any atom is 0.308 e. The van der Waals surface area contributed by atoms with E-state index < -0.39 is 11.9 Å². The van der Waals surface area contributed by atoms with Gasteiger partial charge >= 0.3 is 5.97 Å². The normalized spacial score (nSPS) is 18.2. The molecule has 0 unspecified atom stereocenters. The Morgan fingerprint density at radius 1 is 1.40 bits per heavy atom. The number of carboxylic acids is 1. The molecule has 1 aliphatic rings. The highest BCUT2D eigenvalue weighted by Gasteiger charge is 2.34. The molecule has 1 saturated heterocycles. The number of amides is 1. The van der Waals surface area contributed by atoms with Crippen molar-refractivity contribution in [2.75, 3.05) is 20.8 Å². The SMILES string of the molecule is COc1cccc(CN2C[C@@H](C(=O)O)CC2=O)c1OC. The van der Waals surface area contributed by atoms with E-state index in [-0.39, 0.29) is 18.9 Å². The fourth-order valence-electron chi connectivity index (χ4n) is 2.37. The van der Waals surface area contributed by atoms with Crippen LogP contribution >= 0.6 is 0 Å². The molecule has 1 fully saturated rings. The lowest BCUT2D eigenvalue weighted by Crippen LogP contribution is -2.26. The van der Waals surface area contributed by atoms with Crippen molar-refractivity contribution in [1.29, 1.82) is 0 Å². The number of carbonyl (C=O) groups is 2. The molecule has 1 heterocycles. The Balaban J connectivity index is 2.18. The molecular formula is C14H17NO5. The van der Waals surface area contributed by atoms with Gasteiger partial charge in [-0.25, -0.2) is 0 Å². The smallest absolute Gasteiger partial charge is 0.308 e. The monoisotopic (exact) mass is 279 g/mol. The van der Waals surface area contributed by atoms with Crippen molar-refractivity contribution in [2.24, 2.45) is 5.92 Å². The molecule has 2 rings (SSSR count). The van der Waals surface area contributed by atoms with E-state index in [9.17, 15) is 9.59 Å². The number of aliphatic carboxylic acids is 1. The number of carboxylic acid groups (broad SMARTS) is 1. The van der Waals surface area contributed by atoms with Crippen molar-refractivity contribution in [1.82, 2.24) is 4.90 Å². The molecule has 1 aromatic rings. The van der Waals surface area contributed by atoms with E-state index in [2.05, 4.69) is 0 Å². The lowest BCUT2D eigenvalue weighted by molar-refractivity contribution is -0.141. The van der Waals surface area contributed by atoms with Gasteiger partial charge in [0.15, 0.2) is 11.5 Å². The van der Waals surface area contributed by atoms with Crippen LogP contribution in [0.5, 0.6) is 11.5 Å². The minimum absolute atomic E-state index is 0.0572. The van der Waals surface area contributed by atoms with Crippen LogP contribution in [0.15, 0.2) is 18.2 Å². The highest BCUT2D eigenvalue weighted by molar-refractivity contribution is 5.86. The molecule has 1 aliphatic heterocycles. The largest absolute Gasteiger partial charge is 0.493 e. The second kappa shape index (κ2) is 5.81. The second-order valence-electron chi connectivity index (χ2n) is 4.67. The fourth-order valence-corrected chi connectivity index (χ4v) is 2.37. The van der Waals surface area contributed by atoms with E-state index in [1.807, 2.05) is 12.1 Å². The van der Waals surface area contributed by atoms with E-state index in [4.69, 9.17) is 14.6 Å². The molecule has 0 aromatic heterocycles. The maximum atomic E-state index is 11.8. The van der Waals surface area contributed by atoms with Gasteiger partial charge in [-0.05, 0) is 6.07 Å². The fraction of sp³-hybridized carbons (Fsp3) is 0.429. The number of benzene rings is 1. The Morgan fingerprint density at radius 3 is 2.70 bits per heavy atom.